The minimum absolute atomic E-state index is 0.00798. The van der Waals surface area contributed by atoms with Gasteiger partial charge in [0.25, 0.3) is 0 Å². The van der Waals surface area contributed by atoms with E-state index in [1.54, 1.807) is 30.3 Å². The maximum absolute atomic E-state index is 12.9. The number of quaternary nitrogens is 1. The molecule has 1 atom stereocenters. The first kappa shape index (κ1) is 24.5. The van der Waals surface area contributed by atoms with E-state index in [1.807, 2.05) is 0 Å². The normalized spacial score (nSPS) is 11.7. The highest BCUT2D eigenvalue weighted by molar-refractivity contribution is 6.09. The van der Waals surface area contributed by atoms with Gasteiger partial charge in [0.05, 0.1) is 32.5 Å². The second-order valence-corrected chi connectivity index (χ2v) is 6.95. The zero-order chi connectivity index (χ0) is 24.7. The van der Waals surface area contributed by atoms with Crippen molar-refractivity contribution in [2.24, 2.45) is 0 Å². The van der Waals surface area contributed by atoms with Crippen molar-refractivity contribution >= 4 is 23.5 Å². The van der Waals surface area contributed by atoms with E-state index < -0.39 is 17.0 Å². The number of ketones is 1. The first-order valence-electron chi connectivity index (χ1n) is 10.0. The molecule has 0 aromatic heterocycles. The molecule has 0 aliphatic carbocycles. The Bertz CT molecular complexity index is 1200. The van der Waals surface area contributed by atoms with Gasteiger partial charge in [0.1, 0.15) is 11.5 Å². The number of carbonyl (C=O) groups excluding carboxylic acids is 2. The number of rotatable bonds is 9. The molecule has 1 unspecified atom stereocenters. The molecule has 0 fully saturated rings. The third-order valence-electron chi connectivity index (χ3n) is 4.86. The summed E-state index contributed by atoms with van der Waals surface area (Å²) in [5.74, 6) is 0.333. The fourth-order valence-electron chi connectivity index (χ4n) is 3.04. The number of nitrogens with one attached hydrogen (secondary N) is 1. The zero-order valence-electron chi connectivity index (χ0n) is 18.7. The van der Waals surface area contributed by atoms with Crippen LogP contribution in [0.25, 0.3) is 6.08 Å². The van der Waals surface area contributed by atoms with Crippen LogP contribution in [-0.2, 0) is 0 Å². The molecule has 0 saturated heterocycles. The molecule has 3 aromatic rings. The molecule has 34 heavy (non-hydrogen) atoms. The second kappa shape index (κ2) is 11.1. The molecule has 0 spiro atoms. The van der Waals surface area contributed by atoms with Gasteiger partial charge in [-0.25, -0.2) is 10.0 Å². The molecule has 9 nitrogen and oxygen atoms in total. The Morgan fingerprint density at radius 1 is 0.853 bits per heavy atom. The molecule has 0 aliphatic rings. The quantitative estimate of drug-likeness (QED) is 0.163. The van der Waals surface area contributed by atoms with Crippen LogP contribution in [-0.4, -0.2) is 38.3 Å². The van der Waals surface area contributed by atoms with Gasteiger partial charge in [0.2, 0.25) is 0 Å². The van der Waals surface area contributed by atoms with Gasteiger partial charge in [-0.3, -0.25) is 4.79 Å². The maximum Gasteiger partial charge on any atom is 0.343 e. The Hall–Kier alpha value is -4.18. The summed E-state index contributed by atoms with van der Waals surface area (Å²) in [7, 11) is 4.50. The number of esters is 1. The van der Waals surface area contributed by atoms with Crippen molar-refractivity contribution in [1.29, 1.82) is 0 Å². The fourth-order valence-corrected chi connectivity index (χ4v) is 3.04. The minimum atomic E-state index is -1.11. The molecule has 2 N–H and O–H groups in total. The Morgan fingerprint density at radius 3 is 2.18 bits per heavy atom. The van der Waals surface area contributed by atoms with Crippen molar-refractivity contribution in [2.75, 3.05) is 21.3 Å². The predicted molar refractivity (Wildman–Crippen MR) is 123 cm³/mol. The molecule has 0 amide bonds. The van der Waals surface area contributed by atoms with Gasteiger partial charge >= 0.3 is 5.97 Å². The maximum atomic E-state index is 12.9. The monoisotopic (exact) mass is 465 g/mol. The summed E-state index contributed by atoms with van der Waals surface area (Å²) in [6.07, 6.45) is 2.95. The van der Waals surface area contributed by atoms with Crippen LogP contribution in [0.2, 0.25) is 0 Å². The summed E-state index contributed by atoms with van der Waals surface area (Å²) in [4.78, 5) is 25.5. The van der Waals surface area contributed by atoms with Crippen molar-refractivity contribution < 1.29 is 39.0 Å². The molecule has 0 saturated carbocycles. The standard InChI is InChI=1S/C25H23NO8/c1-31-19-10-11-20(21(27)12-4-16-5-13-22(32-2)24(14-16)33-3)23(15-19)34-25(28)17-6-8-18(9-7-17)26(29)30/h4-15,26,29H,1-3H3. The number of methoxy groups -OCH3 is 3. The summed E-state index contributed by atoms with van der Waals surface area (Å²) < 4.78 is 21.1. The zero-order valence-corrected chi connectivity index (χ0v) is 18.7. The van der Waals surface area contributed by atoms with Gasteiger partial charge in [-0.05, 0) is 48.0 Å². The van der Waals surface area contributed by atoms with Crippen LogP contribution in [0.3, 0.4) is 0 Å². The van der Waals surface area contributed by atoms with Gasteiger partial charge in [0, 0.05) is 18.2 Å². The number of ether oxygens (including phenoxy) is 4. The molecule has 0 bridgehead atoms. The van der Waals surface area contributed by atoms with Gasteiger partial charge in [-0.2, -0.15) is 5.23 Å². The third kappa shape index (κ3) is 5.78. The van der Waals surface area contributed by atoms with E-state index in [-0.39, 0.29) is 22.6 Å². The van der Waals surface area contributed by atoms with Crippen LogP contribution in [0.1, 0.15) is 26.3 Å². The fraction of sp³-hybridized carbons (Fsp3) is 0.120. The average molecular weight is 465 g/mol. The number of benzene rings is 3. The lowest BCUT2D eigenvalue weighted by molar-refractivity contribution is -0.991. The Labute approximate surface area is 195 Å². The van der Waals surface area contributed by atoms with Crippen molar-refractivity contribution in [2.45, 2.75) is 0 Å². The van der Waals surface area contributed by atoms with E-state index in [4.69, 9.17) is 24.2 Å². The predicted octanol–water partition coefficient (Wildman–Crippen LogP) is 3.23. The van der Waals surface area contributed by atoms with E-state index >= 15 is 0 Å². The minimum Gasteiger partial charge on any atom is -0.595 e. The molecule has 3 rings (SSSR count). The van der Waals surface area contributed by atoms with Gasteiger partial charge in [-0.1, -0.05) is 12.1 Å². The molecule has 9 heteroatoms. The number of carbonyl (C=O) groups is 2. The first-order chi connectivity index (χ1) is 16.4. The highest BCUT2D eigenvalue weighted by Gasteiger charge is 2.17. The molecule has 0 heterocycles. The summed E-state index contributed by atoms with van der Waals surface area (Å²) >= 11 is 0. The van der Waals surface area contributed by atoms with Gasteiger partial charge < -0.3 is 24.2 Å². The van der Waals surface area contributed by atoms with Crippen LogP contribution in [0, 0.1) is 5.21 Å². The molecule has 3 aromatic carbocycles. The van der Waals surface area contributed by atoms with Crippen molar-refractivity contribution in [3.05, 3.63) is 88.6 Å². The van der Waals surface area contributed by atoms with Crippen LogP contribution in [0.15, 0.2) is 66.7 Å². The SMILES string of the molecule is COc1ccc(C(=O)C=Cc2ccc(OC)c(OC)c2)c(OC(=O)c2ccc([NH+]([O-])O)cc2)c1. The van der Waals surface area contributed by atoms with Crippen LogP contribution in [0.5, 0.6) is 23.0 Å². The van der Waals surface area contributed by atoms with Crippen molar-refractivity contribution in [3.63, 3.8) is 0 Å². The molecular weight excluding hydrogens is 442 g/mol. The third-order valence-corrected chi connectivity index (χ3v) is 4.86. The lowest BCUT2D eigenvalue weighted by atomic mass is 10.1. The number of hydrogen-bond acceptors (Lipinski definition) is 8. The van der Waals surface area contributed by atoms with Crippen LogP contribution < -0.4 is 24.2 Å². The first-order valence-corrected chi connectivity index (χ1v) is 10.0. The van der Waals surface area contributed by atoms with Crippen molar-refractivity contribution in [1.82, 2.24) is 0 Å². The summed E-state index contributed by atoms with van der Waals surface area (Å²) in [5, 5.41) is 18.9. The lowest BCUT2D eigenvalue weighted by Gasteiger charge is -2.12. The van der Waals surface area contributed by atoms with Gasteiger partial charge in [0.15, 0.2) is 23.0 Å². The van der Waals surface area contributed by atoms with E-state index in [0.29, 0.717) is 22.8 Å². The summed E-state index contributed by atoms with van der Waals surface area (Å²) in [6.45, 7) is 0. The summed E-state index contributed by atoms with van der Waals surface area (Å²) in [5.41, 5.74) is 1.02. The van der Waals surface area contributed by atoms with E-state index in [9.17, 15) is 14.8 Å². The van der Waals surface area contributed by atoms with Gasteiger partial charge in [-0.15, -0.1) is 0 Å². The highest BCUT2D eigenvalue weighted by Crippen LogP contribution is 2.29. The van der Waals surface area contributed by atoms with E-state index in [0.717, 1.165) is 0 Å². The Kier molecular flexibility index (Phi) is 7.99. The summed E-state index contributed by atoms with van der Waals surface area (Å²) in [6, 6.07) is 15.0. The number of hydrogen-bond donors (Lipinski definition) is 2. The molecule has 176 valence electrons. The largest absolute Gasteiger partial charge is 0.595 e. The topological polar surface area (TPSA) is 119 Å². The molecular formula is C25H23NO8. The average Bonchev–Trinajstić information content (AvgIpc) is 2.86. The highest BCUT2D eigenvalue weighted by atomic mass is 16.8. The second-order valence-electron chi connectivity index (χ2n) is 6.95. The molecule has 0 radical (unpaired) electrons. The Morgan fingerprint density at radius 2 is 1.56 bits per heavy atom. The Balaban J connectivity index is 1.85. The van der Waals surface area contributed by atoms with Crippen LogP contribution >= 0.6 is 0 Å². The van der Waals surface area contributed by atoms with Crippen LogP contribution in [0.4, 0.5) is 5.69 Å². The number of allylic oxidation sites excluding steroid dienone is 1. The van der Waals surface area contributed by atoms with E-state index in [1.165, 1.54) is 63.8 Å². The van der Waals surface area contributed by atoms with E-state index in [2.05, 4.69) is 0 Å². The smallest absolute Gasteiger partial charge is 0.343 e. The molecule has 0 aliphatic heterocycles. The van der Waals surface area contributed by atoms with Crippen molar-refractivity contribution in [3.8, 4) is 23.0 Å². The lowest BCUT2D eigenvalue weighted by Crippen LogP contribution is -2.99.